The zero-order valence-corrected chi connectivity index (χ0v) is 15.0. The summed E-state index contributed by atoms with van der Waals surface area (Å²) in [6.07, 6.45) is -0.00727. The molecule has 25 heavy (non-hydrogen) atoms. The van der Waals surface area contributed by atoms with E-state index >= 15 is 0 Å². The molecule has 4 nitrogen and oxygen atoms in total. The SMILES string of the molecule is COC(=O)O[C@H]1CN[C@H](C(c2ccc(C)cc2)c2ccc(C)cc2)C1. The highest BCUT2D eigenvalue weighted by molar-refractivity contribution is 5.59. The summed E-state index contributed by atoms with van der Waals surface area (Å²) < 4.78 is 9.94. The third kappa shape index (κ3) is 4.20. The van der Waals surface area contributed by atoms with E-state index in [1.54, 1.807) is 0 Å². The number of nitrogens with one attached hydrogen (secondary N) is 1. The Kier molecular flexibility index (Phi) is 5.39. The lowest BCUT2D eigenvalue weighted by Crippen LogP contribution is -2.29. The molecule has 0 radical (unpaired) electrons. The molecular weight excluding hydrogens is 314 g/mol. The predicted molar refractivity (Wildman–Crippen MR) is 97.9 cm³/mol. The second kappa shape index (κ2) is 7.70. The largest absolute Gasteiger partial charge is 0.508 e. The zero-order chi connectivity index (χ0) is 17.8. The van der Waals surface area contributed by atoms with Gasteiger partial charge >= 0.3 is 6.16 Å². The van der Waals surface area contributed by atoms with Crippen molar-refractivity contribution in [2.24, 2.45) is 0 Å². The maximum absolute atomic E-state index is 11.4. The van der Waals surface area contributed by atoms with E-state index in [1.165, 1.54) is 29.4 Å². The summed E-state index contributed by atoms with van der Waals surface area (Å²) in [5, 5.41) is 3.53. The summed E-state index contributed by atoms with van der Waals surface area (Å²) in [5.74, 6) is 0.215. The monoisotopic (exact) mass is 339 g/mol. The molecule has 4 heteroatoms. The lowest BCUT2D eigenvalue weighted by Gasteiger charge is -2.25. The van der Waals surface area contributed by atoms with Gasteiger partial charge in [-0.05, 0) is 25.0 Å². The van der Waals surface area contributed by atoms with Crippen LogP contribution in [0.2, 0.25) is 0 Å². The van der Waals surface area contributed by atoms with Crippen LogP contribution in [0.4, 0.5) is 4.79 Å². The molecule has 0 amide bonds. The average Bonchev–Trinajstić information content (AvgIpc) is 3.06. The van der Waals surface area contributed by atoms with Crippen LogP contribution in [0.25, 0.3) is 0 Å². The number of hydrogen-bond donors (Lipinski definition) is 1. The molecule has 2 aromatic carbocycles. The Labute approximate surface area is 149 Å². The van der Waals surface area contributed by atoms with E-state index in [1.807, 2.05) is 0 Å². The van der Waals surface area contributed by atoms with Crippen LogP contribution in [-0.2, 0) is 9.47 Å². The molecule has 0 aliphatic carbocycles. The lowest BCUT2D eigenvalue weighted by molar-refractivity contribution is 0.0430. The van der Waals surface area contributed by atoms with Crippen LogP contribution < -0.4 is 5.32 Å². The van der Waals surface area contributed by atoms with Gasteiger partial charge in [0.25, 0.3) is 0 Å². The molecule has 2 atom stereocenters. The molecule has 1 aliphatic heterocycles. The molecule has 0 saturated carbocycles. The Morgan fingerprint density at radius 2 is 1.52 bits per heavy atom. The predicted octanol–water partition coefficient (Wildman–Crippen LogP) is 3.95. The van der Waals surface area contributed by atoms with Gasteiger partial charge in [-0.1, -0.05) is 59.7 Å². The number of carbonyl (C=O) groups excluding carboxylic acids is 1. The van der Waals surface area contributed by atoms with E-state index in [0.29, 0.717) is 6.54 Å². The highest BCUT2D eigenvalue weighted by Crippen LogP contribution is 2.33. The highest BCUT2D eigenvalue weighted by atomic mass is 16.7. The normalized spacial score (nSPS) is 19.8. The number of methoxy groups -OCH3 is 1. The highest BCUT2D eigenvalue weighted by Gasteiger charge is 2.34. The number of rotatable bonds is 4. The molecule has 1 heterocycles. The Morgan fingerprint density at radius 1 is 1.00 bits per heavy atom. The molecule has 0 aromatic heterocycles. The first kappa shape index (κ1) is 17.5. The summed E-state index contributed by atoms with van der Waals surface area (Å²) >= 11 is 0. The van der Waals surface area contributed by atoms with Gasteiger partial charge in [0.1, 0.15) is 6.10 Å². The minimum absolute atomic E-state index is 0.157. The molecule has 0 unspecified atom stereocenters. The quantitative estimate of drug-likeness (QED) is 0.857. The van der Waals surface area contributed by atoms with Gasteiger partial charge in [-0.2, -0.15) is 0 Å². The first-order valence-corrected chi connectivity index (χ1v) is 8.68. The van der Waals surface area contributed by atoms with Crippen molar-refractivity contribution in [3.05, 3.63) is 70.8 Å². The fraction of sp³-hybridized carbons (Fsp3) is 0.381. The van der Waals surface area contributed by atoms with Crippen molar-refractivity contribution in [3.8, 4) is 0 Å². The number of carbonyl (C=O) groups is 1. The third-order valence-electron chi connectivity index (χ3n) is 4.83. The molecule has 1 saturated heterocycles. The van der Waals surface area contributed by atoms with E-state index in [-0.39, 0.29) is 18.1 Å². The van der Waals surface area contributed by atoms with Crippen LogP contribution >= 0.6 is 0 Å². The van der Waals surface area contributed by atoms with Gasteiger partial charge in [-0.3, -0.25) is 0 Å². The van der Waals surface area contributed by atoms with Crippen LogP contribution in [-0.4, -0.2) is 32.0 Å². The van der Waals surface area contributed by atoms with Gasteiger partial charge < -0.3 is 14.8 Å². The lowest BCUT2D eigenvalue weighted by atomic mass is 9.83. The molecule has 0 spiro atoms. The number of hydrogen-bond acceptors (Lipinski definition) is 4. The van der Waals surface area contributed by atoms with E-state index < -0.39 is 6.16 Å². The van der Waals surface area contributed by atoms with Gasteiger partial charge in [0.15, 0.2) is 0 Å². The second-order valence-corrected chi connectivity index (χ2v) is 6.74. The van der Waals surface area contributed by atoms with Crippen LogP contribution in [0.5, 0.6) is 0 Å². The molecule has 132 valence electrons. The maximum atomic E-state index is 11.4. The fourth-order valence-corrected chi connectivity index (χ4v) is 3.47. The summed E-state index contributed by atoms with van der Waals surface area (Å²) in [7, 11) is 1.34. The fourth-order valence-electron chi connectivity index (χ4n) is 3.47. The van der Waals surface area contributed by atoms with Gasteiger partial charge in [0, 0.05) is 24.9 Å². The summed E-state index contributed by atoms with van der Waals surface area (Å²) in [5.41, 5.74) is 5.03. The van der Waals surface area contributed by atoms with Gasteiger partial charge in [-0.25, -0.2) is 4.79 Å². The van der Waals surface area contributed by atoms with E-state index in [4.69, 9.17) is 4.74 Å². The average molecular weight is 339 g/mol. The van der Waals surface area contributed by atoms with Crippen molar-refractivity contribution in [2.75, 3.05) is 13.7 Å². The molecule has 1 fully saturated rings. The van der Waals surface area contributed by atoms with Gasteiger partial charge in [0.2, 0.25) is 0 Å². The maximum Gasteiger partial charge on any atom is 0.508 e. The minimum atomic E-state index is -0.616. The van der Waals surface area contributed by atoms with Crippen molar-refractivity contribution in [1.29, 1.82) is 0 Å². The van der Waals surface area contributed by atoms with Crippen LogP contribution in [0.15, 0.2) is 48.5 Å². The summed E-state index contributed by atoms with van der Waals surface area (Å²) in [6.45, 7) is 4.84. The van der Waals surface area contributed by atoms with Gasteiger partial charge in [-0.15, -0.1) is 0 Å². The van der Waals surface area contributed by atoms with E-state index in [9.17, 15) is 4.79 Å². The first-order chi connectivity index (χ1) is 12.1. The van der Waals surface area contributed by atoms with E-state index in [0.717, 1.165) is 6.42 Å². The number of ether oxygens (including phenoxy) is 2. The Hall–Kier alpha value is -2.33. The number of benzene rings is 2. The molecule has 3 rings (SSSR count). The third-order valence-corrected chi connectivity index (χ3v) is 4.83. The van der Waals surface area contributed by atoms with Crippen molar-refractivity contribution < 1.29 is 14.3 Å². The Morgan fingerprint density at radius 3 is 2.00 bits per heavy atom. The van der Waals surface area contributed by atoms with Crippen LogP contribution in [0.1, 0.15) is 34.6 Å². The van der Waals surface area contributed by atoms with Crippen LogP contribution in [0, 0.1) is 13.8 Å². The Bertz CT molecular complexity index is 663. The Balaban J connectivity index is 1.85. The van der Waals surface area contributed by atoms with Crippen LogP contribution in [0.3, 0.4) is 0 Å². The van der Waals surface area contributed by atoms with Crippen molar-refractivity contribution in [1.82, 2.24) is 5.32 Å². The smallest absolute Gasteiger partial charge is 0.438 e. The first-order valence-electron chi connectivity index (χ1n) is 8.68. The summed E-state index contributed by atoms with van der Waals surface area (Å²) in [4.78, 5) is 11.4. The second-order valence-electron chi connectivity index (χ2n) is 6.74. The molecule has 1 N–H and O–H groups in total. The molecular formula is C21H25NO3. The van der Waals surface area contributed by atoms with Crippen molar-refractivity contribution in [2.45, 2.75) is 38.3 Å². The number of aryl methyl sites for hydroxylation is 2. The molecule has 0 bridgehead atoms. The van der Waals surface area contributed by atoms with Crippen molar-refractivity contribution in [3.63, 3.8) is 0 Å². The molecule has 1 aliphatic rings. The minimum Gasteiger partial charge on any atom is -0.438 e. The molecule has 2 aromatic rings. The van der Waals surface area contributed by atoms with Crippen molar-refractivity contribution >= 4 is 6.16 Å². The summed E-state index contributed by atoms with van der Waals surface area (Å²) in [6, 6.07) is 17.6. The van der Waals surface area contributed by atoms with E-state index in [2.05, 4.69) is 72.4 Å². The zero-order valence-electron chi connectivity index (χ0n) is 15.0. The topological polar surface area (TPSA) is 47.6 Å². The standard InChI is InChI=1S/C21H25NO3/c1-14-4-8-16(9-5-14)20(17-10-6-15(2)7-11-17)19-12-18(13-22-19)25-21(23)24-3/h4-11,18-20,22H,12-13H2,1-3H3/t18-,19+/m1/s1. The van der Waals surface area contributed by atoms with Gasteiger partial charge in [0.05, 0.1) is 7.11 Å².